The molecule has 4 rings (SSSR count). The summed E-state index contributed by atoms with van der Waals surface area (Å²) in [4.78, 5) is 32.4. The van der Waals surface area contributed by atoms with Gasteiger partial charge in [0.15, 0.2) is 0 Å². The van der Waals surface area contributed by atoms with Crippen molar-refractivity contribution >= 4 is 17.5 Å². The largest absolute Gasteiger partial charge is 0.497 e. The first-order chi connectivity index (χ1) is 17.6. The number of hydrogen-bond acceptors (Lipinski definition) is 7. The third kappa shape index (κ3) is 6.48. The smallest absolute Gasteiger partial charge is 0.253 e. The van der Waals surface area contributed by atoms with Crippen LogP contribution in [0.5, 0.6) is 5.75 Å². The lowest BCUT2D eigenvalue weighted by Gasteiger charge is -2.31. The number of rotatable bonds is 10. The first kappa shape index (κ1) is 25.4. The summed E-state index contributed by atoms with van der Waals surface area (Å²) in [6, 6.07) is 14.6. The van der Waals surface area contributed by atoms with E-state index in [1.807, 2.05) is 30.3 Å². The van der Waals surface area contributed by atoms with Crippen LogP contribution >= 0.6 is 0 Å². The minimum atomic E-state index is -0.195. The van der Waals surface area contributed by atoms with Gasteiger partial charge in [0.25, 0.3) is 5.91 Å². The van der Waals surface area contributed by atoms with E-state index in [1.165, 1.54) is 0 Å². The van der Waals surface area contributed by atoms with Crippen LogP contribution in [0, 0.1) is 5.92 Å². The van der Waals surface area contributed by atoms with E-state index < -0.39 is 0 Å². The molecule has 0 saturated carbocycles. The van der Waals surface area contributed by atoms with Gasteiger partial charge in [-0.05, 0) is 62.2 Å². The van der Waals surface area contributed by atoms with Crippen LogP contribution < -0.4 is 15.4 Å². The van der Waals surface area contributed by atoms with Gasteiger partial charge in [-0.15, -0.1) is 0 Å². The Hall–Kier alpha value is -3.72. The Balaban J connectivity index is 1.35. The molecule has 0 bridgehead atoms. The third-order valence-corrected chi connectivity index (χ3v) is 6.30. The molecule has 0 aliphatic carbocycles. The molecule has 1 aliphatic heterocycles. The minimum absolute atomic E-state index is 0.0852. The molecule has 1 fully saturated rings. The van der Waals surface area contributed by atoms with Gasteiger partial charge in [0, 0.05) is 18.7 Å². The van der Waals surface area contributed by atoms with Crippen LogP contribution in [0.1, 0.15) is 48.9 Å². The number of carbonyl (C=O) groups excluding carboxylic acids is 2. The Morgan fingerprint density at radius 2 is 1.97 bits per heavy atom. The number of ether oxygens (including phenoxy) is 1. The van der Waals surface area contributed by atoms with Crippen molar-refractivity contribution in [3.05, 3.63) is 60.0 Å². The number of nitrogens with one attached hydrogen (secondary N) is 2. The quantitative estimate of drug-likeness (QED) is 0.411. The van der Waals surface area contributed by atoms with Crippen LogP contribution in [0.3, 0.4) is 0 Å². The summed E-state index contributed by atoms with van der Waals surface area (Å²) in [5.74, 6) is 1.34. The first-order valence-corrected chi connectivity index (χ1v) is 12.4. The number of nitrogens with zero attached hydrogens (tertiary/aromatic N) is 3. The summed E-state index contributed by atoms with van der Waals surface area (Å²) >= 11 is 0. The Labute approximate surface area is 211 Å². The molecule has 9 heteroatoms. The number of carbonyl (C=O) groups is 2. The number of amides is 2. The number of aromatic nitrogens is 2. The highest BCUT2D eigenvalue weighted by molar-refractivity contribution is 6.04. The molecule has 9 nitrogen and oxygen atoms in total. The van der Waals surface area contributed by atoms with E-state index in [1.54, 1.807) is 25.3 Å². The van der Waals surface area contributed by atoms with Crippen molar-refractivity contribution < 1.29 is 18.8 Å². The van der Waals surface area contributed by atoms with Gasteiger partial charge in [-0.25, -0.2) is 0 Å². The lowest BCUT2D eigenvalue weighted by Crippen LogP contribution is -2.40. The van der Waals surface area contributed by atoms with E-state index in [-0.39, 0.29) is 17.7 Å². The SMILES string of the molecule is CCCCNC(=O)c1ccccc1NC(=O)C1CCCN(Cc2nc(-c3ccc(OC)cc3)no2)C1. The topological polar surface area (TPSA) is 110 Å². The molecule has 1 saturated heterocycles. The van der Waals surface area contributed by atoms with Crippen molar-refractivity contribution in [2.24, 2.45) is 5.92 Å². The van der Waals surface area contributed by atoms with Crippen LogP contribution in [0.4, 0.5) is 5.69 Å². The van der Waals surface area contributed by atoms with Gasteiger partial charge >= 0.3 is 0 Å². The fourth-order valence-electron chi connectivity index (χ4n) is 4.28. The summed E-state index contributed by atoms with van der Waals surface area (Å²) in [5, 5.41) is 10.0. The lowest BCUT2D eigenvalue weighted by molar-refractivity contribution is -0.121. The Morgan fingerprint density at radius 3 is 2.75 bits per heavy atom. The second-order valence-electron chi connectivity index (χ2n) is 8.96. The van der Waals surface area contributed by atoms with Gasteiger partial charge < -0.3 is 19.9 Å². The number of para-hydroxylation sites is 1. The number of methoxy groups -OCH3 is 1. The monoisotopic (exact) mass is 491 g/mol. The lowest BCUT2D eigenvalue weighted by atomic mass is 9.96. The van der Waals surface area contributed by atoms with Crippen molar-refractivity contribution in [2.75, 3.05) is 32.1 Å². The molecule has 2 amide bonds. The average molecular weight is 492 g/mol. The molecule has 1 unspecified atom stereocenters. The van der Waals surface area contributed by atoms with E-state index in [9.17, 15) is 9.59 Å². The zero-order valence-electron chi connectivity index (χ0n) is 20.8. The van der Waals surface area contributed by atoms with E-state index >= 15 is 0 Å². The summed E-state index contributed by atoms with van der Waals surface area (Å²) in [7, 11) is 1.62. The van der Waals surface area contributed by atoms with E-state index in [4.69, 9.17) is 9.26 Å². The molecule has 2 heterocycles. The third-order valence-electron chi connectivity index (χ3n) is 6.30. The van der Waals surface area contributed by atoms with Gasteiger partial charge in [0.2, 0.25) is 17.6 Å². The Bertz CT molecular complexity index is 1160. The number of likely N-dealkylation sites (tertiary alicyclic amines) is 1. The number of piperidine rings is 1. The van der Waals surface area contributed by atoms with E-state index in [0.717, 1.165) is 43.5 Å². The van der Waals surface area contributed by atoms with Crippen LogP contribution in [0.15, 0.2) is 53.1 Å². The number of hydrogen-bond donors (Lipinski definition) is 2. The summed E-state index contributed by atoms with van der Waals surface area (Å²) in [6.45, 7) is 4.60. The highest BCUT2D eigenvalue weighted by Crippen LogP contribution is 2.24. The van der Waals surface area contributed by atoms with Crippen molar-refractivity contribution in [2.45, 2.75) is 39.2 Å². The molecule has 0 radical (unpaired) electrons. The second-order valence-corrected chi connectivity index (χ2v) is 8.96. The molecule has 0 spiro atoms. The van der Waals surface area contributed by atoms with Crippen molar-refractivity contribution in [3.8, 4) is 17.1 Å². The van der Waals surface area contributed by atoms with Crippen LogP contribution in [-0.4, -0.2) is 53.6 Å². The number of benzene rings is 2. The maximum Gasteiger partial charge on any atom is 0.253 e. The normalized spacial score (nSPS) is 15.9. The Morgan fingerprint density at radius 1 is 1.17 bits per heavy atom. The van der Waals surface area contributed by atoms with E-state index in [0.29, 0.717) is 42.6 Å². The number of unbranched alkanes of at least 4 members (excludes halogenated alkanes) is 1. The average Bonchev–Trinajstić information content (AvgIpc) is 3.37. The predicted molar refractivity (Wildman–Crippen MR) is 137 cm³/mol. The Kier molecular flexibility index (Phi) is 8.67. The van der Waals surface area contributed by atoms with Gasteiger partial charge in [-0.1, -0.05) is 30.6 Å². The second kappa shape index (κ2) is 12.3. The maximum absolute atomic E-state index is 13.1. The van der Waals surface area contributed by atoms with Gasteiger partial charge in [-0.3, -0.25) is 14.5 Å². The highest BCUT2D eigenvalue weighted by atomic mass is 16.5. The molecule has 1 atom stereocenters. The summed E-state index contributed by atoms with van der Waals surface area (Å²) in [5.41, 5.74) is 1.86. The predicted octanol–water partition coefficient (Wildman–Crippen LogP) is 4.13. The van der Waals surface area contributed by atoms with E-state index in [2.05, 4.69) is 32.6 Å². The van der Waals surface area contributed by atoms with Crippen LogP contribution in [-0.2, 0) is 11.3 Å². The van der Waals surface area contributed by atoms with Gasteiger partial charge in [-0.2, -0.15) is 4.98 Å². The molecule has 1 aromatic heterocycles. The summed E-state index contributed by atoms with van der Waals surface area (Å²) < 4.78 is 10.7. The molecular weight excluding hydrogens is 458 g/mol. The first-order valence-electron chi connectivity index (χ1n) is 12.4. The maximum atomic E-state index is 13.1. The number of anilines is 1. The molecule has 1 aliphatic rings. The molecule has 36 heavy (non-hydrogen) atoms. The molecular formula is C27H33N5O4. The zero-order chi connectivity index (χ0) is 25.3. The molecule has 190 valence electrons. The fourth-order valence-corrected chi connectivity index (χ4v) is 4.28. The summed E-state index contributed by atoms with van der Waals surface area (Å²) in [6.07, 6.45) is 3.59. The zero-order valence-corrected chi connectivity index (χ0v) is 20.8. The van der Waals surface area contributed by atoms with Crippen molar-refractivity contribution in [1.82, 2.24) is 20.4 Å². The van der Waals surface area contributed by atoms with Crippen LogP contribution in [0.2, 0.25) is 0 Å². The van der Waals surface area contributed by atoms with Gasteiger partial charge in [0.1, 0.15) is 5.75 Å². The van der Waals surface area contributed by atoms with Gasteiger partial charge in [0.05, 0.1) is 30.8 Å². The van der Waals surface area contributed by atoms with Crippen molar-refractivity contribution in [3.63, 3.8) is 0 Å². The molecule has 2 aromatic carbocycles. The highest BCUT2D eigenvalue weighted by Gasteiger charge is 2.28. The fraction of sp³-hybridized carbons (Fsp3) is 0.407. The molecule has 3 aromatic rings. The minimum Gasteiger partial charge on any atom is -0.497 e. The van der Waals surface area contributed by atoms with Crippen LogP contribution in [0.25, 0.3) is 11.4 Å². The molecule has 2 N–H and O–H groups in total. The van der Waals surface area contributed by atoms with Crippen molar-refractivity contribution in [1.29, 1.82) is 0 Å². The standard InChI is InChI=1S/C27H33N5O4/c1-3-4-15-28-27(34)22-9-5-6-10-23(22)29-26(33)20-8-7-16-32(17-20)18-24-30-25(31-36-24)19-11-13-21(35-2)14-12-19/h5-6,9-14,20H,3-4,7-8,15-18H2,1-2H3,(H,28,34)(H,29,33).